The first kappa shape index (κ1) is 20.6. The smallest absolute Gasteiger partial charge is 0.340 e. The topological polar surface area (TPSA) is 37.8 Å². The summed E-state index contributed by atoms with van der Waals surface area (Å²) in [5.41, 5.74) is 3.70. The average molecular weight is 448 g/mol. The van der Waals surface area contributed by atoms with E-state index in [9.17, 15) is 13.2 Å². The Bertz CT molecular complexity index is 1260. The number of benzene rings is 2. The van der Waals surface area contributed by atoms with Crippen LogP contribution < -0.4 is 5.32 Å². The lowest BCUT2D eigenvalue weighted by Crippen LogP contribution is -2.06. The Kier molecular flexibility index (Phi) is 5.20. The number of rotatable bonds is 3. The number of hydrogen-bond donors (Lipinski definition) is 1. The minimum absolute atomic E-state index is 0.251. The van der Waals surface area contributed by atoms with E-state index in [0.717, 1.165) is 37.9 Å². The Morgan fingerprint density at radius 3 is 2.43 bits per heavy atom. The van der Waals surface area contributed by atoms with Crippen molar-refractivity contribution in [2.45, 2.75) is 26.9 Å². The molecule has 0 bridgehead atoms. The highest BCUT2D eigenvalue weighted by Gasteiger charge is 2.33. The first-order valence-electron chi connectivity index (χ1n) is 9.10. The van der Waals surface area contributed by atoms with E-state index in [4.69, 9.17) is 11.6 Å². The summed E-state index contributed by atoms with van der Waals surface area (Å²) in [4.78, 5) is 10.5. The molecule has 0 unspecified atom stereocenters. The molecule has 154 valence electrons. The molecule has 30 heavy (non-hydrogen) atoms. The monoisotopic (exact) mass is 447 g/mol. The van der Waals surface area contributed by atoms with Gasteiger partial charge >= 0.3 is 6.18 Å². The molecule has 0 aliphatic heterocycles. The van der Waals surface area contributed by atoms with E-state index >= 15 is 0 Å². The zero-order valence-corrected chi connectivity index (χ0v) is 17.9. The van der Waals surface area contributed by atoms with Gasteiger partial charge in [-0.15, -0.1) is 11.3 Å². The largest absolute Gasteiger partial charge is 0.417 e. The van der Waals surface area contributed by atoms with Crippen LogP contribution in [0.4, 0.5) is 24.7 Å². The Balaban J connectivity index is 1.86. The number of thiophene rings is 1. The fourth-order valence-corrected chi connectivity index (χ4v) is 4.58. The summed E-state index contributed by atoms with van der Waals surface area (Å²) in [7, 11) is 0. The summed E-state index contributed by atoms with van der Waals surface area (Å²) >= 11 is 7.27. The molecular weight excluding hydrogens is 431 g/mol. The van der Waals surface area contributed by atoms with Crippen LogP contribution in [-0.2, 0) is 6.18 Å². The molecular formula is C22H17ClF3N3S. The molecule has 0 saturated heterocycles. The molecule has 4 aromatic rings. The Labute approximate surface area is 180 Å². The van der Waals surface area contributed by atoms with Crippen LogP contribution >= 0.6 is 22.9 Å². The maximum Gasteiger partial charge on any atom is 0.417 e. The summed E-state index contributed by atoms with van der Waals surface area (Å²) < 4.78 is 39.7. The molecule has 2 aromatic heterocycles. The van der Waals surface area contributed by atoms with Crippen molar-refractivity contribution < 1.29 is 13.2 Å². The third kappa shape index (κ3) is 3.75. The van der Waals surface area contributed by atoms with Crippen LogP contribution in [0, 0.1) is 20.8 Å². The van der Waals surface area contributed by atoms with Gasteiger partial charge in [0.1, 0.15) is 17.0 Å². The summed E-state index contributed by atoms with van der Waals surface area (Å²) in [6, 6.07) is 9.92. The van der Waals surface area contributed by atoms with E-state index in [1.165, 1.54) is 35.4 Å². The van der Waals surface area contributed by atoms with Crippen molar-refractivity contribution >= 4 is 44.7 Å². The molecule has 0 radical (unpaired) electrons. The first-order valence-corrected chi connectivity index (χ1v) is 10.3. The predicted octanol–water partition coefficient (Wildman–Crippen LogP) is 7.70. The molecule has 8 heteroatoms. The van der Waals surface area contributed by atoms with Gasteiger partial charge in [0, 0.05) is 16.1 Å². The normalized spacial score (nSPS) is 11.8. The molecule has 0 spiro atoms. The second kappa shape index (κ2) is 7.56. The van der Waals surface area contributed by atoms with Crippen molar-refractivity contribution in [3.05, 3.63) is 69.3 Å². The van der Waals surface area contributed by atoms with Crippen molar-refractivity contribution in [2.24, 2.45) is 0 Å². The lowest BCUT2D eigenvalue weighted by molar-refractivity contribution is -0.137. The second-order valence-electron chi connectivity index (χ2n) is 7.05. The highest BCUT2D eigenvalue weighted by atomic mass is 35.5. The van der Waals surface area contributed by atoms with E-state index in [-0.39, 0.29) is 10.7 Å². The number of anilines is 2. The number of alkyl halides is 3. The van der Waals surface area contributed by atoms with Gasteiger partial charge in [-0.1, -0.05) is 29.8 Å². The number of halogens is 4. The molecule has 1 N–H and O–H groups in total. The molecule has 0 saturated carbocycles. The summed E-state index contributed by atoms with van der Waals surface area (Å²) in [5.74, 6) is 0.452. The van der Waals surface area contributed by atoms with Crippen LogP contribution in [0.5, 0.6) is 0 Å². The van der Waals surface area contributed by atoms with Crippen molar-refractivity contribution in [3.63, 3.8) is 0 Å². The van der Waals surface area contributed by atoms with Gasteiger partial charge < -0.3 is 5.32 Å². The van der Waals surface area contributed by atoms with Crippen molar-refractivity contribution in [3.8, 4) is 11.1 Å². The maximum absolute atomic E-state index is 13.2. The van der Waals surface area contributed by atoms with Gasteiger partial charge in [-0.3, -0.25) is 0 Å². The van der Waals surface area contributed by atoms with Crippen LogP contribution in [0.1, 0.15) is 21.6 Å². The predicted molar refractivity (Wildman–Crippen MR) is 117 cm³/mol. The van der Waals surface area contributed by atoms with Crippen LogP contribution in [-0.4, -0.2) is 9.97 Å². The Hall–Kier alpha value is -2.64. The summed E-state index contributed by atoms with van der Waals surface area (Å²) in [6.45, 7) is 6.10. The van der Waals surface area contributed by atoms with Gasteiger partial charge in [0.2, 0.25) is 0 Å². The third-order valence-electron chi connectivity index (χ3n) is 4.99. The fourth-order valence-electron chi connectivity index (χ4n) is 3.34. The van der Waals surface area contributed by atoms with Gasteiger partial charge in [0.05, 0.1) is 16.0 Å². The number of hydrogen-bond acceptors (Lipinski definition) is 4. The van der Waals surface area contributed by atoms with Crippen molar-refractivity contribution in [1.82, 2.24) is 9.97 Å². The van der Waals surface area contributed by atoms with Gasteiger partial charge in [0.15, 0.2) is 0 Å². The lowest BCUT2D eigenvalue weighted by Gasteiger charge is -2.13. The van der Waals surface area contributed by atoms with Gasteiger partial charge in [-0.25, -0.2) is 9.97 Å². The number of aryl methyl sites for hydroxylation is 3. The molecule has 3 nitrogen and oxygen atoms in total. The number of aromatic nitrogens is 2. The molecule has 0 amide bonds. The fraction of sp³-hybridized carbons (Fsp3) is 0.182. The molecule has 2 aromatic carbocycles. The van der Waals surface area contributed by atoms with Gasteiger partial charge in [-0.05, 0) is 55.7 Å². The van der Waals surface area contributed by atoms with E-state index < -0.39 is 11.7 Å². The highest BCUT2D eigenvalue weighted by molar-refractivity contribution is 7.19. The van der Waals surface area contributed by atoms with Crippen LogP contribution in [0.15, 0.2) is 42.7 Å². The molecule has 0 aliphatic carbocycles. The van der Waals surface area contributed by atoms with Crippen LogP contribution in [0.2, 0.25) is 5.02 Å². The number of fused-ring (bicyclic) bond motifs is 1. The molecule has 0 atom stereocenters. The van der Waals surface area contributed by atoms with E-state index in [2.05, 4.69) is 27.4 Å². The first-order chi connectivity index (χ1) is 14.1. The maximum atomic E-state index is 13.2. The number of nitrogens with one attached hydrogen (secondary N) is 1. The number of nitrogens with zero attached hydrogens (tertiary/aromatic N) is 2. The quantitative estimate of drug-likeness (QED) is 0.349. The van der Waals surface area contributed by atoms with Gasteiger partial charge in [-0.2, -0.15) is 13.2 Å². The average Bonchev–Trinajstić information content (AvgIpc) is 3.01. The molecule has 4 rings (SSSR count). The third-order valence-corrected chi connectivity index (χ3v) is 6.34. The zero-order valence-electron chi connectivity index (χ0n) is 16.4. The van der Waals surface area contributed by atoms with Crippen LogP contribution in [0.25, 0.3) is 21.3 Å². The van der Waals surface area contributed by atoms with Crippen molar-refractivity contribution in [1.29, 1.82) is 0 Å². The minimum atomic E-state index is -4.54. The molecule has 2 heterocycles. The highest BCUT2D eigenvalue weighted by Crippen LogP contribution is 2.42. The lowest BCUT2D eigenvalue weighted by atomic mass is 9.99. The standard InChI is InChI=1S/C22H17ClF3N3S/c1-11-4-5-14(8-12(11)2)18-13(3)30-21-19(18)20(27-10-28-21)29-15-6-7-17(23)16(9-15)22(24,25)26/h4-10H,1-3H3,(H,27,28,29). The SMILES string of the molecule is Cc1ccc(-c2c(C)sc3ncnc(Nc4ccc(Cl)c(C(F)(F)F)c4)c23)cc1C. The second-order valence-corrected chi connectivity index (χ2v) is 8.66. The summed E-state index contributed by atoms with van der Waals surface area (Å²) in [6.07, 6.45) is -3.13. The molecule has 0 fully saturated rings. The van der Waals surface area contributed by atoms with Crippen molar-refractivity contribution in [2.75, 3.05) is 5.32 Å². The van der Waals surface area contributed by atoms with E-state index in [1.54, 1.807) is 0 Å². The van der Waals surface area contributed by atoms with E-state index in [1.807, 2.05) is 26.8 Å². The van der Waals surface area contributed by atoms with E-state index in [0.29, 0.717) is 5.82 Å². The van der Waals surface area contributed by atoms with Gasteiger partial charge in [0.25, 0.3) is 0 Å². The Morgan fingerprint density at radius 1 is 0.967 bits per heavy atom. The zero-order chi connectivity index (χ0) is 21.6. The molecule has 0 aliphatic rings. The Morgan fingerprint density at radius 2 is 1.73 bits per heavy atom. The minimum Gasteiger partial charge on any atom is -0.340 e. The van der Waals surface area contributed by atoms with Crippen LogP contribution in [0.3, 0.4) is 0 Å². The summed E-state index contributed by atoms with van der Waals surface area (Å²) in [5, 5.41) is 3.47.